The lowest BCUT2D eigenvalue weighted by Crippen LogP contribution is -2.22. The first-order chi connectivity index (χ1) is 13.6. The molecular formula is C22H18ClN5. The summed E-state index contributed by atoms with van der Waals surface area (Å²) in [4.78, 5) is 4.40. The molecule has 0 unspecified atom stereocenters. The number of pyridine rings is 1. The van der Waals surface area contributed by atoms with E-state index in [1.807, 2.05) is 29.1 Å². The molecule has 0 aliphatic carbocycles. The number of halogens is 1. The molecule has 2 aromatic heterocycles. The molecular weight excluding hydrogens is 370 g/mol. The Morgan fingerprint density at radius 2 is 2.07 bits per heavy atom. The zero-order valence-corrected chi connectivity index (χ0v) is 16.1. The van der Waals surface area contributed by atoms with Crippen LogP contribution in [0.2, 0.25) is 5.02 Å². The summed E-state index contributed by atoms with van der Waals surface area (Å²) in [6.45, 7) is 2.83. The predicted molar refractivity (Wildman–Crippen MR) is 112 cm³/mol. The molecule has 0 spiro atoms. The molecule has 0 amide bonds. The third-order valence-corrected chi connectivity index (χ3v) is 4.82. The van der Waals surface area contributed by atoms with Crippen molar-refractivity contribution in [3.8, 4) is 17.3 Å². The third kappa shape index (κ3) is 3.83. The van der Waals surface area contributed by atoms with E-state index in [0.29, 0.717) is 17.1 Å². The Morgan fingerprint density at radius 3 is 2.89 bits per heavy atom. The van der Waals surface area contributed by atoms with Crippen LogP contribution >= 0.6 is 11.6 Å². The molecule has 0 fully saturated rings. The summed E-state index contributed by atoms with van der Waals surface area (Å²) >= 11 is 6.13. The molecule has 5 nitrogen and oxygen atoms in total. The van der Waals surface area contributed by atoms with Gasteiger partial charge in [-0.1, -0.05) is 29.8 Å². The Bertz CT molecular complexity index is 1170. The molecule has 1 N–H and O–H groups in total. The smallest absolute Gasteiger partial charge is 0.101 e. The average Bonchev–Trinajstić information content (AvgIpc) is 3.16. The van der Waals surface area contributed by atoms with E-state index in [2.05, 4.69) is 52.7 Å². The van der Waals surface area contributed by atoms with Crippen molar-refractivity contribution >= 4 is 28.2 Å². The number of rotatable bonds is 5. The predicted octanol–water partition coefficient (Wildman–Crippen LogP) is 5.12. The van der Waals surface area contributed by atoms with Crippen LogP contribution < -0.4 is 5.32 Å². The number of fused-ring (bicyclic) bond motifs is 1. The van der Waals surface area contributed by atoms with Crippen molar-refractivity contribution < 1.29 is 0 Å². The Kier molecular flexibility index (Phi) is 4.96. The van der Waals surface area contributed by atoms with Gasteiger partial charge in [0.05, 0.1) is 28.3 Å². The lowest BCUT2D eigenvalue weighted by molar-refractivity contribution is 0.562. The van der Waals surface area contributed by atoms with Crippen molar-refractivity contribution in [1.29, 1.82) is 5.26 Å². The van der Waals surface area contributed by atoms with Gasteiger partial charge in [0.15, 0.2) is 0 Å². The highest BCUT2D eigenvalue weighted by molar-refractivity contribution is 6.32. The molecule has 0 aliphatic heterocycles. The lowest BCUT2D eigenvalue weighted by Gasteiger charge is -2.15. The maximum absolute atomic E-state index is 9.00. The van der Waals surface area contributed by atoms with Crippen LogP contribution in [-0.2, 0) is 6.54 Å². The largest absolute Gasteiger partial charge is 0.381 e. The first-order valence-corrected chi connectivity index (χ1v) is 9.35. The topological polar surface area (TPSA) is 66.5 Å². The normalized spacial score (nSPS) is 11.9. The monoisotopic (exact) mass is 387 g/mol. The second kappa shape index (κ2) is 7.71. The van der Waals surface area contributed by atoms with Gasteiger partial charge in [-0.15, -0.1) is 0 Å². The molecule has 28 heavy (non-hydrogen) atoms. The second-order valence-corrected chi connectivity index (χ2v) is 7.09. The molecule has 0 saturated heterocycles. The summed E-state index contributed by atoms with van der Waals surface area (Å²) in [5.41, 5.74) is 4.19. The highest BCUT2D eigenvalue weighted by Crippen LogP contribution is 2.24. The number of aromatic nitrogens is 3. The van der Waals surface area contributed by atoms with E-state index in [0.717, 1.165) is 27.8 Å². The number of anilines is 1. The molecule has 0 radical (unpaired) electrons. The first-order valence-electron chi connectivity index (χ1n) is 8.97. The highest BCUT2D eigenvalue weighted by Gasteiger charge is 2.09. The molecule has 6 heteroatoms. The van der Waals surface area contributed by atoms with Gasteiger partial charge < -0.3 is 5.32 Å². The lowest BCUT2D eigenvalue weighted by atomic mass is 10.1. The van der Waals surface area contributed by atoms with Crippen molar-refractivity contribution in [2.45, 2.75) is 19.5 Å². The van der Waals surface area contributed by atoms with E-state index in [9.17, 15) is 0 Å². The number of hydrogen-bond donors (Lipinski definition) is 1. The van der Waals surface area contributed by atoms with Crippen LogP contribution in [0.5, 0.6) is 0 Å². The van der Waals surface area contributed by atoms with Gasteiger partial charge in [-0.25, -0.2) is 0 Å². The Morgan fingerprint density at radius 1 is 1.18 bits per heavy atom. The Labute approximate surface area is 168 Å². The van der Waals surface area contributed by atoms with Crippen molar-refractivity contribution in [3.05, 3.63) is 77.6 Å². The molecule has 2 aromatic carbocycles. The van der Waals surface area contributed by atoms with Gasteiger partial charge in [0.25, 0.3) is 0 Å². The van der Waals surface area contributed by atoms with Crippen LogP contribution in [0.4, 0.5) is 5.69 Å². The zero-order chi connectivity index (χ0) is 19.5. The van der Waals surface area contributed by atoms with Crippen LogP contribution in [0.25, 0.3) is 22.2 Å². The second-order valence-electron chi connectivity index (χ2n) is 6.69. The molecule has 138 valence electrons. The van der Waals surface area contributed by atoms with Gasteiger partial charge in [0.2, 0.25) is 0 Å². The molecule has 0 saturated carbocycles. The maximum atomic E-state index is 9.00. The van der Waals surface area contributed by atoms with Gasteiger partial charge in [-0.3, -0.25) is 9.67 Å². The molecule has 2 heterocycles. The summed E-state index contributed by atoms with van der Waals surface area (Å²) in [6, 6.07) is 19.7. The summed E-state index contributed by atoms with van der Waals surface area (Å²) in [6.07, 6.45) is 3.75. The molecule has 1 atom stereocenters. The standard InChI is InChI=1S/C22H18ClN5/c1-15(26-19-7-6-16-3-2-9-25-22(16)12-19)14-28-10-8-21(27-28)17-4-5-18(13-24)20(23)11-17/h2-12,15,26H,14H2,1H3/t15-/m0/s1. The van der Waals surface area contributed by atoms with E-state index in [1.165, 1.54) is 0 Å². The van der Waals surface area contributed by atoms with Crippen LogP contribution in [0, 0.1) is 11.3 Å². The van der Waals surface area contributed by atoms with Crippen molar-refractivity contribution in [3.63, 3.8) is 0 Å². The summed E-state index contributed by atoms with van der Waals surface area (Å²) in [5, 5.41) is 18.7. The highest BCUT2D eigenvalue weighted by atomic mass is 35.5. The average molecular weight is 388 g/mol. The molecule has 0 bridgehead atoms. The van der Waals surface area contributed by atoms with Crippen molar-refractivity contribution in [2.75, 3.05) is 5.32 Å². The fourth-order valence-electron chi connectivity index (χ4n) is 3.15. The van der Waals surface area contributed by atoms with Gasteiger partial charge in [0.1, 0.15) is 6.07 Å². The van der Waals surface area contributed by atoms with Crippen LogP contribution in [0.15, 0.2) is 67.0 Å². The van der Waals surface area contributed by atoms with Gasteiger partial charge in [-0.2, -0.15) is 10.4 Å². The van der Waals surface area contributed by atoms with Gasteiger partial charge in [-0.05, 0) is 43.3 Å². The zero-order valence-electron chi connectivity index (χ0n) is 15.3. The van der Waals surface area contributed by atoms with Crippen LogP contribution in [0.1, 0.15) is 12.5 Å². The van der Waals surface area contributed by atoms with E-state index < -0.39 is 0 Å². The number of benzene rings is 2. The molecule has 0 aliphatic rings. The summed E-state index contributed by atoms with van der Waals surface area (Å²) < 4.78 is 1.90. The van der Waals surface area contributed by atoms with Gasteiger partial charge >= 0.3 is 0 Å². The fourth-order valence-corrected chi connectivity index (χ4v) is 3.37. The fraction of sp³-hybridized carbons (Fsp3) is 0.136. The van der Waals surface area contributed by atoms with Crippen LogP contribution in [-0.4, -0.2) is 20.8 Å². The maximum Gasteiger partial charge on any atom is 0.101 e. The van der Waals surface area contributed by atoms with E-state index >= 15 is 0 Å². The number of nitrogens with zero attached hydrogens (tertiary/aromatic N) is 4. The molecule has 4 aromatic rings. The summed E-state index contributed by atoms with van der Waals surface area (Å²) in [7, 11) is 0. The number of nitrogens with one attached hydrogen (secondary N) is 1. The summed E-state index contributed by atoms with van der Waals surface area (Å²) in [5.74, 6) is 0. The van der Waals surface area contributed by atoms with Gasteiger partial charge in [0, 0.05) is 35.1 Å². The molecule has 4 rings (SSSR count). The SMILES string of the molecule is C[C@@H](Cn1ccc(-c2ccc(C#N)c(Cl)c2)n1)Nc1ccc2cccnc2c1. The van der Waals surface area contributed by atoms with Crippen molar-refractivity contribution in [1.82, 2.24) is 14.8 Å². The number of nitriles is 1. The van der Waals surface area contributed by atoms with Crippen LogP contribution in [0.3, 0.4) is 0 Å². The van der Waals surface area contributed by atoms with E-state index in [4.69, 9.17) is 16.9 Å². The Balaban J connectivity index is 1.45. The minimum absolute atomic E-state index is 0.179. The quantitative estimate of drug-likeness (QED) is 0.515. The minimum atomic E-state index is 0.179. The Hall–Kier alpha value is -3.36. The third-order valence-electron chi connectivity index (χ3n) is 4.51. The minimum Gasteiger partial charge on any atom is -0.381 e. The van der Waals surface area contributed by atoms with Crippen molar-refractivity contribution in [2.24, 2.45) is 0 Å². The van der Waals surface area contributed by atoms with E-state index in [1.54, 1.807) is 18.3 Å². The van der Waals surface area contributed by atoms with E-state index in [-0.39, 0.29) is 6.04 Å². The first kappa shape index (κ1) is 18.0. The number of hydrogen-bond acceptors (Lipinski definition) is 4.